The number of hydrogen-bond donors (Lipinski definition) is 2. The molecular formula is C18H20N2O2. The van der Waals surface area contributed by atoms with Crippen molar-refractivity contribution >= 4 is 17.3 Å². The number of hydrogen-bond acceptors (Lipinski definition) is 3. The molecule has 0 saturated heterocycles. The first-order valence-electron chi connectivity index (χ1n) is 7.55. The Bertz CT molecular complexity index is 683. The summed E-state index contributed by atoms with van der Waals surface area (Å²) in [7, 11) is 1.63. The van der Waals surface area contributed by atoms with Gasteiger partial charge in [0.1, 0.15) is 5.75 Å². The van der Waals surface area contributed by atoms with Crippen LogP contribution < -0.4 is 15.4 Å². The summed E-state index contributed by atoms with van der Waals surface area (Å²) in [6.07, 6.45) is 2.43. The van der Waals surface area contributed by atoms with Gasteiger partial charge in [-0.3, -0.25) is 4.79 Å². The fourth-order valence-electron chi connectivity index (χ4n) is 2.79. The van der Waals surface area contributed by atoms with Gasteiger partial charge in [0, 0.05) is 17.9 Å². The van der Waals surface area contributed by atoms with E-state index >= 15 is 0 Å². The van der Waals surface area contributed by atoms with E-state index in [2.05, 4.69) is 16.7 Å². The van der Waals surface area contributed by atoms with Crippen molar-refractivity contribution in [2.24, 2.45) is 0 Å². The molecule has 0 radical (unpaired) electrons. The molecule has 0 aromatic heterocycles. The first-order valence-corrected chi connectivity index (χ1v) is 7.55. The Balaban J connectivity index is 1.72. The fraction of sp³-hybridized carbons (Fsp3) is 0.278. The second-order valence-corrected chi connectivity index (χ2v) is 5.44. The van der Waals surface area contributed by atoms with Gasteiger partial charge in [0.05, 0.1) is 13.5 Å². The van der Waals surface area contributed by atoms with E-state index in [0.717, 1.165) is 42.1 Å². The zero-order chi connectivity index (χ0) is 15.4. The number of nitrogens with one attached hydrogen (secondary N) is 2. The number of carbonyl (C=O) groups is 1. The van der Waals surface area contributed by atoms with Gasteiger partial charge in [-0.2, -0.15) is 0 Å². The lowest BCUT2D eigenvalue weighted by Gasteiger charge is -2.21. The molecule has 1 heterocycles. The number of amides is 1. The van der Waals surface area contributed by atoms with E-state index in [1.165, 1.54) is 5.56 Å². The minimum atomic E-state index is -0.00720. The molecule has 1 aliphatic heterocycles. The van der Waals surface area contributed by atoms with Crippen molar-refractivity contribution in [1.82, 2.24) is 0 Å². The quantitative estimate of drug-likeness (QED) is 0.910. The predicted molar refractivity (Wildman–Crippen MR) is 88.6 cm³/mol. The number of methoxy groups -OCH3 is 1. The maximum atomic E-state index is 12.3. The van der Waals surface area contributed by atoms with Gasteiger partial charge in [0.15, 0.2) is 0 Å². The molecule has 0 unspecified atom stereocenters. The standard InChI is InChI=1S/C18H20N2O2/c1-22-14-6-2-5-13(11-14)12-18(21)20-17-9-3-8-16-15(17)7-4-10-19-16/h2-3,5-6,8-9,11,19H,4,7,10,12H2,1H3,(H,20,21). The molecule has 0 saturated carbocycles. The van der Waals surface area contributed by atoms with E-state index in [1.807, 2.05) is 36.4 Å². The number of benzene rings is 2. The van der Waals surface area contributed by atoms with Crippen LogP contribution in [0.3, 0.4) is 0 Å². The molecule has 2 aromatic rings. The zero-order valence-corrected chi connectivity index (χ0v) is 12.7. The van der Waals surface area contributed by atoms with Crippen molar-refractivity contribution in [3.8, 4) is 5.75 Å². The normalized spacial score (nSPS) is 13.0. The maximum Gasteiger partial charge on any atom is 0.228 e. The van der Waals surface area contributed by atoms with Crippen LogP contribution in [0, 0.1) is 0 Å². The highest BCUT2D eigenvalue weighted by Crippen LogP contribution is 2.29. The molecule has 0 bridgehead atoms. The highest BCUT2D eigenvalue weighted by Gasteiger charge is 2.14. The lowest BCUT2D eigenvalue weighted by molar-refractivity contribution is -0.115. The van der Waals surface area contributed by atoms with Crippen LogP contribution in [0.25, 0.3) is 0 Å². The van der Waals surface area contributed by atoms with Crippen molar-refractivity contribution in [3.63, 3.8) is 0 Å². The van der Waals surface area contributed by atoms with Gasteiger partial charge in [0.2, 0.25) is 5.91 Å². The van der Waals surface area contributed by atoms with Gasteiger partial charge in [-0.15, -0.1) is 0 Å². The minimum absolute atomic E-state index is 0.00720. The number of ether oxygens (including phenoxy) is 1. The van der Waals surface area contributed by atoms with Gasteiger partial charge in [0.25, 0.3) is 0 Å². The number of carbonyl (C=O) groups excluding carboxylic acids is 1. The summed E-state index contributed by atoms with van der Waals surface area (Å²) >= 11 is 0. The van der Waals surface area contributed by atoms with Crippen LogP contribution in [0.15, 0.2) is 42.5 Å². The van der Waals surface area contributed by atoms with Crippen LogP contribution in [0.4, 0.5) is 11.4 Å². The van der Waals surface area contributed by atoms with Crippen LogP contribution in [0.1, 0.15) is 17.5 Å². The molecule has 0 atom stereocenters. The second-order valence-electron chi connectivity index (χ2n) is 5.44. The SMILES string of the molecule is COc1cccc(CC(=O)Nc2cccc3c2CCCN3)c1. The molecule has 22 heavy (non-hydrogen) atoms. The van der Waals surface area contributed by atoms with Crippen molar-refractivity contribution < 1.29 is 9.53 Å². The molecule has 0 fully saturated rings. The molecule has 2 aromatic carbocycles. The molecular weight excluding hydrogens is 276 g/mol. The fourth-order valence-corrected chi connectivity index (χ4v) is 2.79. The Morgan fingerprint density at radius 3 is 3.00 bits per heavy atom. The summed E-state index contributed by atoms with van der Waals surface area (Å²) in [6.45, 7) is 0.994. The van der Waals surface area contributed by atoms with Crippen LogP contribution in [0.2, 0.25) is 0 Å². The maximum absolute atomic E-state index is 12.3. The van der Waals surface area contributed by atoms with E-state index < -0.39 is 0 Å². The lowest BCUT2D eigenvalue weighted by atomic mass is 10.0. The van der Waals surface area contributed by atoms with Crippen LogP contribution in [-0.4, -0.2) is 19.6 Å². The van der Waals surface area contributed by atoms with Crippen molar-refractivity contribution in [3.05, 3.63) is 53.6 Å². The van der Waals surface area contributed by atoms with Gasteiger partial charge in [-0.25, -0.2) is 0 Å². The average Bonchev–Trinajstić information content (AvgIpc) is 2.55. The van der Waals surface area contributed by atoms with Crippen LogP contribution >= 0.6 is 0 Å². The van der Waals surface area contributed by atoms with Crippen molar-refractivity contribution in [1.29, 1.82) is 0 Å². The summed E-state index contributed by atoms with van der Waals surface area (Å²) in [5.41, 5.74) is 4.19. The van der Waals surface area contributed by atoms with Crippen LogP contribution in [0.5, 0.6) is 5.75 Å². The summed E-state index contributed by atoms with van der Waals surface area (Å²) in [4.78, 5) is 12.3. The molecule has 4 heteroatoms. The monoisotopic (exact) mass is 296 g/mol. The summed E-state index contributed by atoms with van der Waals surface area (Å²) in [6, 6.07) is 13.6. The molecule has 1 aliphatic rings. The molecule has 114 valence electrons. The van der Waals surface area contributed by atoms with Crippen LogP contribution in [-0.2, 0) is 17.6 Å². The lowest BCUT2D eigenvalue weighted by Crippen LogP contribution is -2.18. The van der Waals surface area contributed by atoms with E-state index in [9.17, 15) is 4.79 Å². The third-order valence-corrected chi connectivity index (χ3v) is 3.87. The largest absolute Gasteiger partial charge is 0.497 e. The second kappa shape index (κ2) is 6.52. The van der Waals surface area contributed by atoms with Gasteiger partial charge in [-0.05, 0) is 48.2 Å². The molecule has 1 amide bonds. The Morgan fingerprint density at radius 2 is 2.14 bits per heavy atom. The molecule has 2 N–H and O–H groups in total. The Labute approximate surface area is 130 Å². The third kappa shape index (κ3) is 3.22. The van der Waals surface area contributed by atoms with Gasteiger partial charge >= 0.3 is 0 Å². The third-order valence-electron chi connectivity index (χ3n) is 3.87. The Hall–Kier alpha value is -2.49. The number of fused-ring (bicyclic) bond motifs is 1. The predicted octanol–water partition coefficient (Wildman–Crippen LogP) is 3.23. The van der Waals surface area contributed by atoms with Gasteiger partial charge in [-0.1, -0.05) is 18.2 Å². The Morgan fingerprint density at radius 1 is 1.27 bits per heavy atom. The van der Waals surface area contributed by atoms with Crippen molar-refractivity contribution in [2.75, 3.05) is 24.3 Å². The summed E-state index contributed by atoms with van der Waals surface area (Å²) in [5.74, 6) is 0.763. The van der Waals surface area contributed by atoms with E-state index in [-0.39, 0.29) is 5.91 Å². The summed E-state index contributed by atoms with van der Waals surface area (Å²) in [5, 5.41) is 6.41. The molecule has 0 aliphatic carbocycles. The Kier molecular flexibility index (Phi) is 4.28. The first-order chi connectivity index (χ1) is 10.8. The first kappa shape index (κ1) is 14.4. The summed E-state index contributed by atoms with van der Waals surface area (Å²) < 4.78 is 5.19. The number of anilines is 2. The van der Waals surface area contributed by atoms with Crippen molar-refractivity contribution in [2.45, 2.75) is 19.3 Å². The highest BCUT2D eigenvalue weighted by atomic mass is 16.5. The van der Waals surface area contributed by atoms with Gasteiger partial charge < -0.3 is 15.4 Å². The molecule has 4 nitrogen and oxygen atoms in total. The smallest absolute Gasteiger partial charge is 0.228 e. The minimum Gasteiger partial charge on any atom is -0.497 e. The number of rotatable bonds is 4. The average molecular weight is 296 g/mol. The highest BCUT2D eigenvalue weighted by molar-refractivity contribution is 5.94. The molecule has 3 rings (SSSR count). The molecule has 0 spiro atoms. The zero-order valence-electron chi connectivity index (χ0n) is 12.7. The topological polar surface area (TPSA) is 50.4 Å². The van der Waals surface area contributed by atoms with E-state index in [1.54, 1.807) is 7.11 Å². The van der Waals surface area contributed by atoms with E-state index in [4.69, 9.17) is 4.74 Å². The van der Waals surface area contributed by atoms with E-state index in [0.29, 0.717) is 6.42 Å².